The number of fused-ring (bicyclic) bond motifs is 3. The van der Waals surface area contributed by atoms with Crippen molar-refractivity contribution >= 4 is 39.2 Å². The van der Waals surface area contributed by atoms with Gasteiger partial charge in [0.1, 0.15) is 4.83 Å². The standard InChI is InChI=1S/C20H26N4O2S2/c1-4-10-21-16(25)13-27-20-22-18-17(14-8-5-6-9-15(14)28-18)19(26)24(20)12-7-11-23(2)3/h1H,5-13H2,2-3H3,(H,21,25). The van der Waals surface area contributed by atoms with Gasteiger partial charge in [-0.05, 0) is 58.3 Å². The summed E-state index contributed by atoms with van der Waals surface area (Å²) in [5, 5.41) is 4.07. The summed E-state index contributed by atoms with van der Waals surface area (Å²) in [6, 6.07) is 0. The Morgan fingerprint density at radius 1 is 1.39 bits per heavy atom. The van der Waals surface area contributed by atoms with E-state index >= 15 is 0 Å². The summed E-state index contributed by atoms with van der Waals surface area (Å²) in [6.07, 6.45) is 10.3. The minimum atomic E-state index is -0.150. The van der Waals surface area contributed by atoms with Crippen LogP contribution in [0.1, 0.15) is 29.7 Å². The third-order valence-corrected chi connectivity index (χ3v) is 6.91. The van der Waals surface area contributed by atoms with Crippen LogP contribution in [-0.2, 0) is 24.2 Å². The number of terminal acetylenes is 1. The fourth-order valence-electron chi connectivity index (χ4n) is 3.40. The molecule has 2 aromatic rings. The first-order valence-electron chi connectivity index (χ1n) is 9.54. The maximum atomic E-state index is 13.4. The fraction of sp³-hybridized carbons (Fsp3) is 0.550. The molecule has 0 spiro atoms. The molecule has 28 heavy (non-hydrogen) atoms. The number of nitrogens with zero attached hydrogens (tertiary/aromatic N) is 3. The molecule has 0 unspecified atom stereocenters. The molecule has 8 heteroatoms. The predicted molar refractivity (Wildman–Crippen MR) is 116 cm³/mol. The molecule has 0 radical (unpaired) electrons. The summed E-state index contributed by atoms with van der Waals surface area (Å²) >= 11 is 2.94. The van der Waals surface area contributed by atoms with Crippen molar-refractivity contribution < 1.29 is 4.79 Å². The smallest absolute Gasteiger partial charge is 0.263 e. The molecule has 6 nitrogen and oxygen atoms in total. The Hall–Kier alpha value is -1.82. The highest BCUT2D eigenvalue weighted by atomic mass is 32.2. The highest BCUT2D eigenvalue weighted by Gasteiger charge is 2.22. The van der Waals surface area contributed by atoms with Gasteiger partial charge in [0, 0.05) is 11.4 Å². The zero-order chi connectivity index (χ0) is 20.1. The van der Waals surface area contributed by atoms with Crippen LogP contribution >= 0.6 is 23.1 Å². The number of aromatic nitrogens is 2. The molecule has 1 aliphatic rings. The monoisotopic (exact) mass is 418 g/mol. The molecule has 3 rings (SSSR count). The lowest BCUT2D eigenvalue weighted by molar-refractivity contribution is -0.118. The van der Waals surface area contributed by atoms with E-state index in [4.69, 9.17) is 11.4 Å². The average molecular weight is 419 g/mol. The van der Waals surface area contributed by atoms with Crippen LogP contribution in [0.15, 0.2) is 9.95 Å². The zero-order valence-electron chi connectivity index (χ0n) is 16.4. The van der Waals surface area contributed by atoms with E-state index in [1.165, 1.54) is 28.6 Å². The second-order valence-electron chi connectivity index (χ2n) is 7.17. The van der Waals surface area contributed by atoms with E-state index < -0.39 is 0 Å². The number of nitrogens with one attached hydrogen (secondary N) is 1. The summed E-state index contributed by atoms with van der Waals surface area (Å²) in [5.41, 5.74) is 1.24. The number of amides is 1. The Kier molecular flexibility index (Phi) is 7.16. The number of thiophene rings is 1. The molecular formula is C20H26N4O2S2. The molecule has 1 aliphatic carbocycles. The van der Waals surface area contributed by atoms with Crippen LogP contribution in [0.5, 0.6) is 0 Å². The summed E-state index contributed by atoms with van der Waals surface area (Å²) in [7, 11) is 4.04. The molecule has 0 atom stereocenters. The van der Waals surface area contributed by atoms with Crippen LogP contribution in [0, 0.1) is 12.3 Å². The van der Waals surface area contributed by atoms with Crippen LogP contribution in [-0.4, -0.2) is 53.3 Å². The third-order valence-electron chi connectivity index (χ3n) is 4.75. The van der Waals surface area contributed by atoms with Gasteiger partial charge >= 0.3 is 0 Å². The minimum Gasteiger partial charge on any atom is -0.344 e. The van der Waals surface area contributed by atoms with Crippen molar-refractivity contribution in [3.63, 3.8) is 0 Å². The summed E-state index contributed by atoms with van der Waals surface area (Å²) in [5.74, 6) is 2.44. The maximum Gasteiger partial charge on any atom is 0.263 e. The number of hydrogen-bond donors (Lipinski definition) is 1. The molecule has 0 fully saturated rings. The van der Waals surface area contributed by atoms with Gasteiger partial charge in [-0.3, -0.25) is 14.2 Å². The Morgan fingerprint density at radius 3 is 2.93 bits per heavy atom. The van der Waals surface area contributed by atoms with E-state index in [0.29, 0.717) is 11.7 Å². The Morgan fingerprint density at radius 2 is 2.18 bits per heavy atom. The number of carbonyl (C=O) groups is 1. The van der Waals surface area contributed by atoms with Crippen LogP contribution in [0.4, 0.5) is 0 Å². The van der Waals surface area contributed by atoms with E-state index in [-0.39, 0.29) is 23.8 Å². The van der Waals surface area contributed by atoms with Crippen LogP contribution in [0.3, 0.4) is 0 Å². The number of rotatable bonds is 8. The quantitative estimate of drug-likeness (QED) is 0.404. The lowest BCUT2D eigenvalue weighted by Crippen LogP contribution is -2.28. The maximum absolute atomic E-state index is 13.4. The topological polar surface area (TPSA) is 67.2 Å². The molecule has 1 N–H and O–H groups in total. The molecular weight excluding hydrogens is 392 g/mol. The lowest BCUT2D eigenvalue weighted by Gasteiger charge is -2.15. The highest BCUT2D eigenvalue weighted by molar-refractivity contribution is 7.99. The normalized spacial score (nSPS) is 13.5. The molecule has 2 heterocycles. The van der Waals surface area contributed by atoms with Crippen molar-refractivity contribution in [2.24, 2.45) is 0 Å². The second-order valence-corrected chi connectivity index (χ2v) is 9.19. The molecule has 2 aromatic heterocycles. The van der Waals surface area contributed by atoms with E-state index in [1.807, 2.05) is 14.1 Å². The van der Waals surface area contributed by atoms with Gasteiger partial charge in [0.25, 0.3) is 5.56 Å². The molecule has 0 saturated heterocycles. The number of hydrogen-bond acceptors (Lipinski definition) is 6. The zero-order valence-corrected chi connectivity index (χ0v) is 18.0. The first-order chi connectivity index (χ1) is 13.5. The largest absolute Gasteiger partial charge is 0.344 e. The van der Waals surface area contributed by atoms with Gasteiger partial charge in [-0.2, -0.15) is 0 Å². The van der Waals surface area contributed by atoms with E-state index in [1.54, 1.807) is 15.9 Å². The SMILES string of the molecule is C#CCNC(=O)CSc1nc2sc3c(c2c(=O)n1CCCN(C)C)CCCC3. The van der Waals surface area contributed by atoms with Crippen molar-refractivity contribution in [2.45, 2.75) is 43.8 Å². The Labute approximate surface area is 173 Å². The first kappa shape index (κ1) is 20.9. The van der Waals surface area contributed by atoms with Gasteiger partial charge < -0.3 is 10.2 Å². The van der Waals surface area contributed by atoms with Crippen molar-refractivity contribution in [1.82, 2.24) is 19.8 Å². The van der Waals surface area contributed by atoms with Crippen LogP contribution in [0.25, 0.3) is 10.2 Å². The molecule has 150 valence electrons. The van der Waals surface area contributed by atoms with Crippen molar-refractivity contribution in [2.75, 3.05) is 32.9 Å². The van der Waals surface area contributed by atoms with Crippen molar-refractivity contribution in [3.8, 4) is 12.3 Å². The average Bonchev–Trinajstić information content (AvgIpc) is 3.04. The third kappa shape index (κ3) is 4.77. The molecule has 0 aliphatic heterocycles. The Bertz CT molecular complexity index is 956. The number of aryl methyl sites for hydroxylation is 2. The summed E-state index contributed by atoms with van der Waals surface area (Å²) < 4.78 is 1.76. The molecule has 0 bridgehead atoms. The molecule has 0 aromatic carbocycles. The van der Waals surface area contributed by atoms with Gasteiger partial charge in [0.05, 0.1) is 17.7 Å². The van der Waals surface area contributed by atoms with E-state index in [9.17, 15) is 9.59 Å². The Balaban J connectivity index is 1.93. The number of thioether (sulfide) groups is 1. The summed E-state index contributed by atoms with van der Waals surface area (Å²) in [4.78, 5) is 34.3. The predicted octanol–water partition coefficient (Wildman–Crippen LogP) is 2.13. The van der Waals surface area contributed by atoms with Crippen molar-refractivity contribution in [3.05, 3.63) is 20.8 Å². The van der Waals surface area contributed by atoms with Gasteiger partial charge in [-0.1, -0.05) is 17.7 Å². The van der Waals surface area contributed by atoms with E-state index in [0.717, 1.165) is 42.4 Å². The number of carbonyl (C=O) groups excluding carboxylic acids is 1. The van der Waals surface area contributed by atoms with Gasteiger partial charge in [-0.15, -0.1) is 17.8 Å². The minimum absolute atomic E-state index is 0.0367. The molecule has 0 saturated carbocycles. The van der Waals surface area contributed by atoms with Crippen molar-refractivity contribution in [1.29, 1.82) is 0 Å². The first-order valence-corrected chi connectivity index (χ1v) is 11.3. The molecule has 1 amide bonds. The fourth-order valence-corrected chi connectivity index (χ4v) is 5.56. The van der Waals surface area contributed by atoms with Gasteiger partial charge in [-0.25, -0.2) is 4.98 Å². The lowest BCUT2D eigenvalue weighted by atomic mass is 9.97. The van der Waals surface area contributed by atoms with Gasteiger partial charge in [0.2, 0.25) is 5.91 Å². The van der Waals surface area contributed by atoms with E-state index in [2.05, 4.69) is 16.1 Å². The highest BCUT2D eigenvalue weighted by Crippen LogP contribution is 2.34. The van der Waals surface area contributed by atoms with Crippen LogP contribution < -0.4 is 10.9 Å². The second kappa shape index (κ2) is 9.59. The van der Waals surface area contributed by atoms with Gasteiger partial charge in [0.15, 0.2) is 5.16 Å². The van der Waals surface area contributed by atoms with Crippen LogP contribution in [0.2, 0.25) is 0 Å². The summed E-state index contributed by atoms with van der Waals surface area (Å²) in [6.45, 7) is 1.69.